The van der Waals surface area contributed by atoms with Gasteiger partial charge in [0.25, 0.3) is 0 Å². The van der Waals surface area contributed by atoms with Gasteiger partial charge in [0.15, 0.2) is 0 Å². The average Bonchev–Trinajstić information content (AvgIpc) is 2.92. The van der Waals surface area contributed by atoms with E-state index in [9.17, 15) is 0 Å². The molecule has 0 spiro atoms. The highest BCUT2D eigenvalue weighted by atomic mass is 15.2. The highest BCUT2D eigenvalue weighted by molar-refractivity contribution is 5.69. The van der Waals surface area contributed by atoms with E-state index in [1.807, 2.05) is 0 Å². The van der Waals surface area contributed by atoms with Crippen LogP contribution in [0.25, 0.3) is 0 Å². The fraction of sp³-hybridized carbons (Fsp3) is 0.333. The zero-order valence-corrected chi connectivity index (χ0v) is 12.0. The van der Waals surface area contributed by atoms with Gasteiger partial charge in [-0.3, -0.25) is 0 Å². The van der Waals surface area contributed by atoms with Gasteiger partial charge in [-0.1, -0.05) is 37.3 Å². The maximum Gasteiger partial charge on any atom is 0.0444 e. The smallest absolute Gasteiger partial charge is 0.0444 e. The highest BCUT2D eigenvalue weighted by Crippen LogP contribution is 2.34. The number of hydrogen-bond donors (Lipinski definition) is 1. The van der Waals surface area contributed by atoms with Gasteiger partial charge in [-0.25, -0.2) is 0 Å². The van der Waals surface area contributed by atoms with Crippen molar-refractivity contribution in [1.29, 1.82) is 0 Å². The van der Waals surface area contributed by atoms with E-state index in [4.69, 9.17) is 5.73 Å². The molecule has 0 aliphatic carbocycles. The third-order valence-electron chi connectivity index (χ3n) is 4.16. The molecular weight excluding hydrogens is 244 g/mol. The Morgan fingerprint density at radius 2 is 1.85 bits per heavy atom. The first-order valence-electron chi connectivity index (χ1n) is 7.48. The van der Waals surface area contributed by atoms with Crippen molar-refractivity contribution in [2.45, 2.75) is 32.2 Å². The minimum Gasteiger partial charge on any atom is -0.341 e. The molecule has 2 nitrogen and oxygen atoms in total. The first-order valence-corrected chi connectivity index (χ1v) is 7.48. The van der Waals surface area contributed by atoms with Crippen molar-refractivity contribution in [1.82, 2.24) is 0 Å². The van der Waals surface area contributed by atoms with Crippen LogP contribution in [-0.2, 0) is 12.8 Å². The van der Waals surface area contributed by atoms with Crippen LogP contribution in [0.15, 0.2) is 48.5 Å². The molecule has 0 saturated carbocycles. The van der Waals surface area contributed by atoms with E-state index < -0.39 is 0 Å². The number of anilines is 2. The van der Waals surface area contributed by atoms with Gasteiger partial charge in [-0.15, -0.1) is 0 Å². The van der Waals surface area contributed by atoms with Crippen LogP contribution >= 0.6 is 0 Å². The Morgan fingerprint density at radius 3 is 2.60 bits per heavy atom. The number of benzene rings is 2. The lowest BCUT2D eigenvalue weighted by Gasteiger charge is -2.20. The van der Waals surface area contributed by atoms with Gasteiger partial charge in [-0.05, 0) is 48.6 Å². The van der Waals surface area contributed by atoms with Crippen molar-refractivity contribution in [3.8, 4) is 0 Å². The Bertz CT molecular complexity index is 574. The number of rotatable bonds is 4. The Labute approximate surface area is 121 Å². The minimum absolute atomic E-state index is 0.272. The lowest BCUT2D eigenvalue weighted by Crippen LogP contribution is -2.21. The van der Waals surface area contributed by atoms with E-state index in [0.29, 0.717) is 0 Å². The zero-order chi connectivity index (χ0) is 13.9. The summed E-state index contributed by atoms with van der Waals surface area (Å²) in [4.78, 5) is 2.40. The molecule has 20 heavy (non-hydrogen) atoms. The number of fused-ring (bicyclic) bond motifs is 1. The van der Waals surface area contributed by atoms with Gasteiger partial charge in [0, 0.05) is 24.0 Å². The zero-order valence-electron chi connectivity index (χ0n) is 12.0. The van der Waals surface area contributed by atoms with Gasteiger partial charge in [0.2, 0.25) is 0 Å². The first kappa shape index (κ1) is 13.2. The molecule has 1 aliphatic rings. The van der Waals surface area contributed by atoms with Crippen molar-refractivity contribution in [2.75, 3.05) is 11.4 Å². The first-order chi connectivity index (χ1) is 9.78. The second-order valence-electron chi connectivity index (χ2n) is 5.57. The van der Waals surface area contributed by atoms with Crippen LogP contribution in [-0.4, -0.2) is 12.6 Å². The van der Waals surface area contributed by atoms with E-state index in [2.05, 4.69) is 60.4 Å². The second-order valence-corrected chi connectivity index (χ2v) is 5.57. The quantitative estimate of drug-likeness (QED) is 0.915. The molecule has 0 radical (unpaired) electrons. The van der Waals surface area contributed by atoms with Crippen LogP contribution in [0.5, 0.6) is 0 Å². The van der Waals surface area contributed by atoms with Crippen molar-refractivity contribution < 1.29 is 0 Å². The molecule has 1 aliphatic heterocycles. The molecule has 2 aromatic carbocycles. The van der Waals surface area contributed by atoms with Crippen molar-refractivity contribution in [2.24, 2.45) is 5.73 Å². The SMILES string of the molecule is CCC(N)Cc1ccc(N2CCc3ccccc32)cc1. The number of hydrogen-bond acceptors (Lipinski definition) is 2. The molecule has 2 N–H and O–H groups in total. The molecule has 0 amide bonds. The predicted octanol–water partition coefficient (Wildman–Crippen LogP) is 3.66. The van der Waals surface area contributed by atoms with E-state index in [1.165, 1.54) is 22.5 Å². The summed E-state index contributed by atoms with van der Waals surface area (Å²) in [7, 11) is 0. The van der Waals surface area contributed by atoms with Crippen LogP contribution < -0.4 is 10.6 Å². The summed E-state index contributed by atoms with van der Waals surface area (Å²) in [5.41, 5.74) is 11.4. The summed E-state index contributed by atoms with van der Waals surface area (Å²) in [6.07, 6.45) is 3.13. The Hall–Kier alpha value is -1.80. The molecule has 2 aromatic rings. The summed E-state index contributed by atoms with van der Waals surface area (Å²) in [6, 6.07) is 17.8. The van der Waals surface area contributed by atoms with E-state index in [-0.39, 0.29) is 6.04 Å². The van der Waals surface area contributed by atoms with Crippen LogP contribution in [0.4, 0.5) is 11.4 Å². The summed E-state index contributed by atoms with van der Waals surface area (Å²) in [6.45, 7) is 3.22. The summed E-state index contributed by atoms with van der Waals surface area (Å²) in [5.74, 6) is 0. The molecule has 1 unspecified atom stereocenters. The molecule has 0 aromatic heterocycles. The lowest BCUT2D eigenvalue weighted by atomic mass is 10.0. The maximum absolute atomic E-state index is 6.02. The fourth-order valence-electron chi connectivity index (χ4n) is 2.87. The third kappa shape index (κ3) is 2.56. The fourth-order valence-corrected chi connectivity index (χ4v) is 2.87. The monoisotopic (exact) mass is 266 g/mol. The number of para-hydroxylation sites is 1. The van der Waals surface area contributed by atoms with E-state index in [1.54, 1.807) is 0 Å². The third-order valence-corrected chi connectivity index (χ3v) is 4.16. The molecular formula is C18H22N2. The summed E-state index contributed by atoms with van der Waals surface area (Å²) in [5, 5.41) is 0. The molecule has 1 atom stereocenters. The Kier molecular flexibility index (Phi) is 3.75. The van der Waals surface area contributed by atoms with Crippen LogP contribution in [0.2, 0.25) is 0 Å². The molecule has 0 saturated heterocycles. The molecule has 3 rings (SSSR count). The lowest BCUT2D eigenvalue weighted by molar-refractivity contribution is 0.646. The number of nitrogens with two attached hydrogens (primary N) is 1. The minimum atomic E-state index is 0.272. The average molecular weight is 266 g/mol. The highest BCUT2D eigenvalue weighted by Gasteiger charge is 2.19. The van der Waals surface area contributed by atoms with E-state index in [0.717, 1.165) is 25.8 Å². The van der Waals surface area contributed by atoms with E-state index >= 15 is 0 Å². The standard InChI is InChI=1S/C18H22N2/c1-2-16(19)13-14-7-9-17(10-8-14)20-12-11-15-5-3-4-6-18(15)20/h3-10,16H,2,11-13,19H2,1H3. The largest absolute Gasteiger partial charge is 0.341 e. The number of nitrogens with zero attached hydrogens (tertiary/aromatic N) is 1. The molecule has 2 heteroatoms. The Balaban J connectivity index is 1.79. The molecule has 0 bridgehead atoms. The van der Waals surface area contributed by atoms with Crippen molar-refractivity contribution in [3.05, 3.63) is 59.7 Å². The van der Waals surface area contributed by atoms with Crippen LogP contribution in [0, 0.1) is 0 Å². The van der Waals surface area contributed by atoms with Crippen LogP contribution in [0.1, 0.15) is 24.5 Å². The van der Waals surface area contributed by atoms with Gasteiger partial charge >= 0.3 is 0 Å². The predicted molar refractivity (Wildman–Crippen MR) is 85.6 cm³/mol. The molecule has 0 fully saturated rings. The van der Waals surface area contributed by atoms with Gasteiger partial charge in [-0.2, -0.15) is 0 Å². The maximum atomic E-state index is 6.02. The van der Waals surface area contributed by atoms with Gasteiger partial charge in [0.1, 0.15) is 0 Å². The van der Waals surface area contributed by atoms with Crippen LogP contribution in [0.3, 0.4) is 0 Å². The summed E-state index contributed by atoms with van der Waals surface area (Å²) < 4.78 is 0. The Morgan fingerprint density at radius 1 is 1.10 bits per heavy atom. The van der Waals surface area contributed by atoms with Crippen molar-refractivity contribution in [3.63, 3.8) is 0 Å². The van der Waals surface area contributed by atoms with Crippen molar-refractivity contribution >= 4 is 11.4 Å². The second kappa shape index (κ2) is 5.68. The van der Waals surface area contributed by atoms with Gasteiger partial charge in [0.05, 0.1) is 0 Å². The normalized spacial score (nSPS) is 15.2. The van der Waals surface area contributed by atoms with Gasteiger partial charge < -0.3 is 10.6 Å². The molecule has 104 valence electrons. The topological polar surface area (TPSA) is 29.3 Å². The summed E-state index contributed by atoms with van der Waals surface area (Å²) >= 11 is 0. The molecule has 1 heterocycles.